The molecule has 114 valence electrons. The van der Waals surface area contributed by atoms with E-state index < -0.39 is 11.7 Å². The van der Waals surface area contributed by atoms with Crippen molar-refractivity contribution in [2.24, 2.45) is 10.9 Å². The van der Waals surface area contributed by atoms with Gasteiger partial charge in [-0.05, 0) is 37.1 Å². The Bertz CT molecular complexity index is 536. The van der Waals surface area contributed by atoms with E-state index in [9.17, 15) is 13.2 Å². The first-order valence-corrected chi connectivity index (χ1v) is 7.12. The summed E-state index contributed by atoms with van der Waals surface area (Å²) >= 11 is 0. The Morgan fingerprint density at radius 1 is 1.29 bits per heavy atom. The van der Waals surface area contributed by atoms with E-state index in [1.54, 1.807) is 6.07 Å². The molecular weight excluding hydrogens is 281 g/mol. The number of nitrogens with zero attached hydrogens (tertiary/aromatic N) is 1. The lowest BCUT2D eigenvalue weighted by Crippen LogP contribution is -2.34. The molecule has 0 bridgehead atoms. The van der Waals surface area contributed by atoms with Gasteiger partial charge in [-0.25, -0.2) is 4.99 Å². The molecule has 3 rings (SSSR count). The zero-order valence-corrected chi connectivity index (χ0v) is 11.5. The van der Waals surface area contributed by atoms with Crippen LogP contribution in [0.15, 0.2) is 29.3 Å². The fourth-order valence-corrected chi connectivity index (χ4v) is 2.77. The maximum Gasteiger partial charge on any atom is 0.416 e. The second kappa shape index (κ2) is 5.67. The van der Waals surface area contributed by atoms with Crippen LogP contribution in [0.2, 0.25) is 0 Å². The Kier molecular flexibility index (Phi) is 3.89. The molecule has 2 aliphatic heterocycles. The summed E-state index contributed by atoms with van der Waals surface area (Å²) in [4.78, 5) is 4.49. The lowest BCUT2D eigenvalue weighted by Gasteiger charge is -2.21. The van der Waals surface area contributed by atoms with Crippen molar-refractivity contribution in [1.29, 1.82) is 0 Å². The Hall–Kier alpha value is -1.56. The summed E-state index contributed by atoms with van der Waals surface area (Å²) in [5.74, 6) is 0.930. The number of hydrogen-bond donors (Lipinski definition) is 1. The third-order valence-corrected chi connectivity index (χ3v) is 3.92. The largest absolute Gasteiger partial charge is 0.478 e. The minimum absolute atomic E-state index is 0.245. The fourth-order valence-electron chi connectivity index (χ4n) is 2.77. The van der Waals surface area contributed by atoms with Crippen LogP contribution < -0.4 is 5.32 Å². The predicted molar refractivity (Wildman–Crippen MR) is 73.2 cm³/mol. The maximum atomic E-state index is 12.7. The first-order chi connectivity index (χ1) is 10.0. The third kappa shape index (κ3) is 3.20. The second-order valence-electron chi connectivity index (χ2n) is 5.46. The van der Waals surface area contributed by atoms with Gasteiger partial charge in [-0.3, -0.25) is 0 Å². The number of halogens is 3. The maximum absolute atomic E-state index is 12.7. The van der Waals surface area contributed by atoms with Crippen LogP contribution in [0.25, 0.3) is 0 Å². The highest BCUT2D eigenvalue weighted by Crippen LogP contribution is 2.33. The van der Waals surface area contributed by atoms with Gasteiger partial charge in [-0.1, -0.05) is 12.1 Å². The van der Waals surface area contributed by atoms with Gasteiger partial charge >= 0.3 is 6.18 Å². The van der Waals surface area contributed by atoms with Gasteiger partial charge in [-0.2, -0.15) is 13.2 Å². The van der Waals surface area contributed by atoms with Crippen LogP contribution in [0.4, 0.5) is 13.2 Å². The van der Waals surface area contributed by atoms with E-state index in [0.717, 1.165) is 32.0 Å². The van der Waals surface area contributed by atoms with Crippen molar-refractivity contribution < 1.29 is 17.9 Å². The molecule has 1 N–H and O–H groups in total. The molecule has 1 fully saturated rings. The first-order valence-electron chi connectivity index (χ1n) is 7.12. The van der Waals surface area contributed by atoms with E-state index in [-0.39, 0.29) is 12.0 Å². The molecule has 0 aliphatic carbocycles. The fraction of sp³-hybridized carbons (Fsp3) is 0.533. The average Bonchev–Trinajstić information content (AvgIpc) is 2.97. The van der Waals surface area contributed by atoms with Crippen molar-refractivity contribution in [2.45, 2.75) is 25.1 Å². The van der Waals surface area contributed by atoms with Crippen molar-refractivity contribution >= 4 is 5.90 Å². The van der Waals surface area contributed by atoms with Gasteiger partial charge in [0.2, 0.25) is 0 Å². The quantitative estimate of drug-likeness (QED) is 0.910. The molecule has 21 heavy (non-hydrogen) atoms. The van der Waals surface area contributed by atoms with Gasteiger partial charge in [0.15, 0.2) is 5.90 Å². The Balaban J connectivity index is 1.77. The van der Waals surface area contributed by atoms with Crippen molar-refractivity contribution in [3.63, 3.8) is 0 Å². The van der Waals surface area contributed by atoms with Gasteiger partial charge in [0, 0.05) is 12.5 Å². The van der Waals surface area contributed by atoms with Crippen LogP contribution >= 0.6 is 0 Å². The molecule has 0 spiro atoms. The molecule has 0 amide bonds. The van der Waals surface area contributed by atoms with Gasteiger partial charge in [0.1, 0.15) is 12.6 Å². The summed E-state index contributed by atoms with van der Waals surface area (Å²) in [5.41, 5.74) is -0.0772. The SMILES string of the molecule is FC(F)(F)c1cccc(C2COC(C3CCCNC3)=N2)c1. The highest BCUT2D eigenvalue weighted by atomic mass is 19.4. The third-order valence-electron chi connectivity index (χ3n) is 3.92. The monoisotopic (exact) mass is 298 g/mol. The van der Waals surface area contributed by atoms with Crippen molar-refractivity contribution in [3.8, 4) is 0 Å². The Morgan fingerprint density at radius 2 is 2.14 bits per heavy atom. The van der Waals surface area contributed by atoms with Crippen molar-refractivity contribution in [1.82, 2.24) is 5.32 Å². The average molecular weight is 298 g/mol. The summed E-state index contributed by atoms with van der Waals surface area (Å²) in [6.45, 7) is 2.15. The molecule has 1 aromatic rings. The predicted octanol–water partition coefficient (Wildman–Crippen LogP) is 3.17. The molecule has 0 saturated carbocycles. The number of benzene rings is 1. The van der Waals surface area contributed by atoms with E-state index in [1.807, 2.05) is 0 Å². The molecule has 0 aromatic heterocycles. The number of alkyl halides is 3. The number of piperidine rings is 1. The molecule has 2 unspecified atom stereocenters. The van der Waals surface area contributed by atoms with Crippen LogP contribution in [-0.2, 0) is 10.9 Å². The van der Waals surface area contributed by atoms with Crippen LogP contribution in [0.1, 0.15) is 30.0 Å². The molecule has 2 aliphatic rings. The number of nitrogens with one attached hydrogen (secondary N) is 1. The first kappa shape index (κ1) is 14.4. The lowest BCUT2D eigenvalue weighted by atomic mass is 9.99. The van der Waals surface area contributed by atoms with Gasteiger partial charge < -0.3 is 10.1 Å². The van der Waals surface area contributed by atoms with E-state index in [2.05, 4.69) is 10.3 Å². The summed E-state index contributed by atoms with van der Waals surface area (Å²) in [6, 6.07) is 5.02. The summed E-state index contributed by atoms with van der Waals surface area (Å²) < 4.78 is 43.9. The molecule has 1 aromatic carbocycles. The van der Waals surface area contributed by atoms with Gasteiger partial charge in [0.05, 0.1) is 5.56 Å². The van der Waals surface area contributed by atoms with Crippen LogP contribution in [0.5, 0.6) is 0 Å². The standard InChI is InChI=1S/C15H17F3N2O/c16-15(17,18)12-5-1-3-10(7-12)13-9-21-14(20-13)11-4-2-6-19-8-11/h1,3,5,7,11,13,19H,2,4,6,8-9H2. The Labute approximate surface area is 121 Å². The molecule has 3 nitrogen and oxygen atoms in total. The summed E-state index contributed by atoms with van der Waals surface area (Å²) in [6.07, 6.45) is -2.24. The van der Waals surface area contributed by atoms with Crippen molar-refractivity contribution in [3.05, 3.63) is 35.4 Å². The second-order valence-corrected chi connectivity index (χ2v) is 5.46. The normalized spacial score (nSPS) is 26.3. The molecule has 6 heteroatoms. The molecule has 2 atom stereocenters. The Morgan fingerprint density at radius 3 is 2.86 bits per heavy atom. The zero-order valence-electron chi connectivity index (χ0n) is 11.5. The van der Waals surface area contributed by atoms with E-state index in [0.29, 0.717) is 18.1 Å². The van der Waals surface area contributed by atoms with E-state index >= 15 is 0 Å². The summed E-state index contributed by atoms with van der Waals surface area (Å²) in [7, 11) is 0. The highest BCUT2D eigenvalue weighted by molar-refractivity contribution is 5.80. The lowest BCUT2D eigenvalue weighted by molar-refractivity contribution is -0.137. The van der Waals surface area contributed by atoms with E-state index in [4.69, 9.17) is 4.74 Å². The van der Waals surface area contributed by atoms with Crippen molar-refractivity contribution in [2.75, 3.05) is 19.7 Å². The topological polar surface area (TPSA) is 33.6 Å². The van der Waals surface area contributed by atoms with Gasteiger partial charge in [-0.15, -0.1) is 0 Å². The molecule has 2 heterocycles. The molecular formula is C15H17F3N2O. The van der Waals surface area contributed by atoms with Gasteiger partial charge in [0.25, 0.3) is 0 Å². The van der Waals surface area contributed by atoms with Crippen LogP contribution in [0, 0.1) is 5.92 Å². The van der Waals surface area contributed by atoms with Crippen LogP contribution in [-0.4, -0.2) is 25.6 Å². The number of hydrogen-bond acceptors (Lipinski definition) is 3. The highest BCUT2D eigenvalue weighted by Gasteiger charge is 2.32. The minimum atomic E-state index is -4.32. The molecule has 0 radical (unpaired) electrons. The number of ether oxygens (including phenoxy) is 1. The molecule has 1 saturated heterocycles. The minimum Gasteiger partial charge on any atom is -0.478 e. The summed E-state index contributed by atoms with van der Waals surface area (Å²) in [5, 5.41) is 3.29. The van der Waals surface area contributed by atoms with E-state index in [1.165, 1.54) is 12.1 Å². The number of rotatable bonds is 2. The zero-order chi connectivity index (χ0) is 14.9. The number of aliphatic imine (C=N–C) groups is 1. The smallest absolute Gasteiger partial charge is 0.416 e. The van der Waals surface area contributed by atoms with Crippen LogP contribution in [0.3, 0.4) is 0 Å².